The zero-order chi connectivity index (χ0) is 17.8. The summed E-state index contributed by atoms with van der Waals surface area (Å²) in [5.74, 6) is -1.58. The summed E-state index contributed by atoms with van der Waals surface area (Å²) in [7, 11) is 0. The topological polar surface area (TPSA) is 109 Å². The van der Waals surface area contributed by atoms with Crippen LogP contribution < -0.4 is 40.2 Å². The third-order valence-electron chi connectivity index (χ3n) is 4.70. The van der Waals surface area contributed by atoms with Crippen LogP contribution in [0.15, 0.2) is 30.3 Å². The number of carbonyl (C=O) groups excluding carboxylic acids is 2. The molecule has 0 aromatic heterocycles. The average Bonchev–Trinajstić information content (AvgIpc) is 3.43. The van der Waals surface area contributed by atoms with E-state index in [-0.39, 0.29) is 36.9 Å². The Morgan fingerprint density at radius 2 is 1.81 bits per heavy atom. The minimum Gasteiger partial charge on any atom is -1.00 e. The van der Waals surface area contributed by atoms with Crippen molar-refractivity contribution in [1.29, 1.82) is 0 Å². The molecule has 3 N–H and O–H groups in total. The van der Waals surface area contributed by atoms with Crippen molar-refractivity contribution in [3.63, 3.8) is 0 Å². The van der Waals surface area contributed by atoms with E-state index in [9.17, 15) is 14.4 Å². The Morgan fingerprint density at radius 3 is 2.38 bits per heavy atom. The van der Waals surface area contributed by atoms with Crippen LogP contribution in [0.5, 0.6) is 0 Å². The molecule has 2 fully saturated rings. The number of carboxylic acids is 1. The molecule has 3 rings (SSSR count). The van der Waals surface area contributed by atoms with E-state index in [0.29, 0.717) is 19.5 Å². The minimum absolute atomic E-state index is 0. The van der Waals surface area contributed by atoms with Gasteiger partial charge in [-0.05, 0) is 24.8 Å². The predicted octanol–water partition coefficient (Wildman–Crippen LogP) is -2.73. The number of benzene rings is 1. The molecule has 0 spiro atoms. The number of rotatable bonds is 6. The van der Waals surface area contributed by atoms with Gasteiger partial charge in [0.1, 0.15) is 18.1 Å². The molecule has 0 aliphatic carbocycles. The molecule has 2 saturated heterocycles. The summed E-state index contributed by atoms with van der Waals surface area (Å²) >= 11 is 0. The maximum absolute atomic E-state index is 12.9. The molecular formula is C18H24N3NaO4. The molecule has 0 saturated carbocycles. The molecule has 8 heteroatoms. The van der Waals surface area contributed by atoms with Crippen LogP contribution in [0.4, 0.5) is 0 Å². The van der Waals surface area contributed by atoms with E-state index in [1.54, 1.807) is 4.90 Å². The second kappa shape index (κ2) is 9.50. The smallest absolute Gasteiger partial charge is 1.00 e. The Kier molecular flexibility index (Phi) is 7.64. The van der Waals surface area contributed by atoms with Crippen molar-refractivity contribution >= 4 is 17.8 Å². The van der Waals surface area contributed by atoms with Crippen LogP contribution >= 0.6 is 0 Å². The third kappa shape index (κ3) is 5.30. The second-order valence-electron chi connectivity index (χ2n) is 6.60. The molecule has 2 amide bonds. The van der Waals surface area contributed by atoms with Crippen LogP contribution in [0.1, 0.15) is 26.3 Å². The van der Waals surface area contributed by atoms with Gasteiger partial charge < -0.3 is 16.7 Å². The Labute approximate surface area is 176 Å². The molecule has 2 aliphatic rings. The number of hydrogen-bond acceptors (Lipinski definition) is 4. The van der Waals surface area contributed by atoms with Crippen molar-refractivity contribution in [2.45, 2.75) is 43.8 Å². The van der Waals surface area contributed by atoms with Gasteiger partial charge in [0, 0.05) is 19.5 Å². The van der Waals surface area contributed by atoms with Gasteiger partial charge in [0.2, 0.25) is 11.8 Å². The molecule has 7 nitrogen and oxygen atoms in total. The van der Waals surface area contributed by atoms with Crippen molar-refractivity contribution < 1.29 is 50.5 Å². The maximum Gasteiger partial charge on any atom is 1.00 e. The quantitative estimate of drug-likeness (QED) is 0.373. The Bertz CT molecular complexity index is 655. The van der Waals surface area contributed by atoms with E-state index in [0.717, 1.165) is 24.8 Å². The van der Waals surface area contributed by atoms with E-state index in [2.05, 4.69) is 10.6 Å². The number of likely N-dealkylation sites (tertiary alicyclic amines) is 1. The Hall–Kier alpha value is -1.41. The number of piperidine rings is 1. The number of carbonyl (C=O) groups is 3. The fourth-order valence-electron chi connectivity index (χ4n) is 3.22. The van der Waals surface area contributed by atoms with Crippen molar-refractivity contribution in [3.05, 3.63) is 35.9 Å². The van der Waals surface area contributed by atoms with Crippen molar-refractivity contribution in [1.82, 2.24) is 15.5 Å². The Balaban J connectivity index is 0.00000182. The van der Waals surface area contributed by atoms with Gasteiger partial charge >= 0.3 is 35.5 Å². The van der Waals surface area contributed by atoms with Crippen LogP contribution in [0.2, 0.25) is 0 Å². The monoisotopic (exact) mass is 369 g/mol. The standard InChI is InChI=1S/C18H23N3O4.Na.H/c22-16(14-15(20-14)18(24)25)19-13(11-12-7-3-1-4-8-12)17(23)21-9-5-2-6-10-21;;/h1,3-4,7-8,13-15,20H,2,5-6,9-11H2,(H,19,22)(H,24,25);;/q;+1;-1/t13-,14-,15-;;/m0../s1. The number of nitrogens with zero attached hydrogens (tertiary/aromatic N) is 1. The Morgan fingerprint density at radius 1 is 1.15 bits per heavy atom. The summed E-state index contributed by atoms with van der Waals surface area (Å²) in [5, 5.41) is 14.3. The fraction of sp³-hybridized carbons (Fsp3) is 0.500. The summed E-state index contributed by atoms with van der Waals surface area (Å²) in [6.07, 6.45) is 3.46. The maximum atomic E-state index is 12.9. The molecule has 136 valence electrons. The van der Waals surface area contributed by atoms with E-state index < -0.39 is 30.0 Å². The van der Waals surface area contributed by atoms with Crippen LogP contribution in [-0.2, 0) is 20.8 Å². The largest absolute Gasteiger partial charge is 1.00 e. The van der Waals surface area contributed by atoms with Gasteiger partial charge in [-0.3, -0.25) is 19.7 Å². The normalized spacial score (nSPS) is 22.7. The molecule has 1 aromatic rings. The van der Waals surface area contributed by atoms with Gasteiger partial charge in [0.15, 0.2) is 0 Å². The zero-order valence-electron chi connectivity index (χ0n) is 16.0. The van der Waals surface area contributed by atoms with Gasteiger partial charge in [0.05, 0.1) is 0 Å². The number of aliphatic carboxylic acids is 1. The summed E-state index contributed by atoms with van der Waals surface area (Å²) in [6, 6.07) is 7.22. The van der Waals surface area contributed by atoms with Crippen molar-refractivity contribution in [2.75, 3.05) is 13.1 Å². The number of nitrogens with one attached hydrogen (secondary N) is 2. The van der Waals surface area contributed by atoms with Crippen LogP contribution in [0.25, 0.3) is 0 Å². The molecular weight excluding hydrogens is 345 g/mol. The van der Waals surface area contributed by atoms with Gasteiger partial charge in [0.25, 0.3) is 0 Å². The molecule has 3 atom stereocenters. The van der Waals surface area contributed by atoms with Crippen LogP contribution in [0, 0.1) is 0 Å². The molecule has 1 aromatic carbocycles. The molecule has 0 radical (unpaired) electrons. The first-order valence-corrected chi connectivity index (χ1v) is 8.68. The van der Waals surface area contributed by atoms with Crippen LogP contribution in [-0.4, -0.2) is 59.0 Å². The zero-order valence-corrected chi connectivity index (χ0v) is 17.0. The third-order valence-corrected chi connectivity index (χ3v) is 4.70. The van der Waals surface area contributed by atoms with Gasteiger partial charge in [-0.2, -0.15) is 0 Å². The number of carboxylic acid groups (broad SMARTS) is 1. The average molecular weight is 369 g/mol. The van der Waals surface area contributed by atoms with E-state index in [1.165, 1.54) is 0 Å². The fourth-order valence-corrected chi connectivity index (χ4v) is 3.22. The SMILES string of the molecule is O=C(O)[C@H]1N[C@@H]1C(=O)N[C@@H](Cc1ccccc1)C(=O)N1CCCCC1.[H-].[Na+]. The van der Waals surface area contributed by atoms with Crippen LogP contribution in [0.3, 0.4) is 0 Å². The molecule has 0 unspecified atom stereocenters. The molecule has 26 heavy (non-hydrogen) atoms. The van der Waals surface area contributed by atoms with E-state index in [1.807, 2.05) is 30.3 Å². The summed E-state index contributed by atoms with van der Waals surface area (Å²) < 4.78 is 0. The molecule has 0 bridgehead atoms. The summed E-state index contributed by atoms with van der Waals surface area (Å²) in [4.78, 5) is 37.9. The summed E-state index contributed by atoms with van der Waals surface area (Å²) in [6.45, 7) is 1.42. The predicted molar refractivity (Wildman–Crippen MR) is 92.0 cm³/mol. The minimum atomic E-state index is -1.05. The second-order valence-corrected chi connectivity index (χ2v) is 6.60. The number of hydrogen-bond donors (Lipinski definition) is 3. The van der Waals surface area contributed by atoms with Crippen molar-refractivity contribution in [2.24, 2.45) is 0 Å². The van der Waals surface area contributed by atoms with Crippen molar-refractivity contribution in [3.8, 4) is 0 Å². The first-order valence-electron chi connectivity index (χ1n) is 8.68. The van der Waals surface area contributed by atoms with Gasteiger partial charge in [-0.1, -0.05) is 30.3 Å². The summed E-state index contributed by atoms with van der Waals surface area (Å²) in [5.41, 5.74) is 0.955. The first kappa shape index (κ1) is 20.9. The molecule has 2 heterocycles. The molecule has 2 aliphatic heterocycles. The van der Waals surface area contributed by atoms with E-state index >= 15 is 0 Å². The first-order chi connectivity index (χ1) is 12.1. The van der Waals surface area contributed by atoms with E-state index in [4.69, 9.17) is 5.11 Å². The number of amides is 2. The van der Waals surface area contributed by atoms with Gasteiger partial charge in [-0.25, -0.2) is 0 Å². The van der Waals surface area contributed by atoms with Gasteiger partial charge in [-0.15, -0.1) is 0 Å².